The molecular formula is C9H10O3. The molecule has 0 saturated heterocycles. The van der Waals surface area contributed by atoms with Crippen LogP contribution in [0.15, 0.2) is 23.8 Å². The van der Waals surface area contributed by atoms with E-state index in [0.717, 1.165) is 5.57 Å². The maximum Gasteiger partial charge on any atom is 0.317 e. The molecule has 0 aromatic heterocycles. The molecule has 0 saturated carbocycles. The molecule has 3 nitrogen and oxygen atoms in total. The molecule has 0 spiro atoms. The summed E-state index contributed by atoms with van der Waals surface area (Å²) in [6, 6.07) is 0. The van der Waals surface area contributed by atoms with Crippen LogP contribution in [0.2, 0.25) is 0 Å². The lowest BCUT2D eigenvalue weighted by Gasteiger charge is -2.04. The van der Waals surface area contributed by atoms with Gasteiger partial charge in [0.15, 0.2) is 0 Å². The molecule has 0 fully saturated rings. The lowest BCUT2D eigenvalue weighted by Crippen LogP contribution is -2.11. The zero-order valence-electron chi connectivity index (χ0n) is 6.66. The van der Waals surface area contributed by atoms with Gasteiger partial charge in [0.1, 0.15) is 6.61 Å². The molecule has 2 aliphatic rings. The molecule has 0 bridgehead atoms. The summed E-state index contributed by atoms with van der Waals surface area (Å²) in [6.45, 7) is 1.52. The first-order chi connectivity index (χ1) is 5.88. The lowest BCUT2D eigenvalue weighted by molar-refractivity contribution is -0.143. The predicted molar refractivity (Wildman–Crippen MR) is 42.5 cm³/mol. The first-order valence-electron chi connectivity index (χ1n) is 3.98. The summed E-state index contributed by atoms with van der Waals surface area (Å²) < 4.78 is 10.2. The van der Waals surface area contributed by atoms with E-state index in [-0.39, 0.29) is 11.9 Å². The molecule has 1 unspecified atom stereocenters. The van der Waals surface area contributed by atoms with E-state index in [2.05, 4.69) is 0 Å². The Labute approximate surface area is 70.7 Å². The van der Waals surface area contributed by atoms with Gasteiger partial charge in [-0.25, -0.2) is 0 Å². The van der Waals surface area contributed by atoms with Crippen molar-refractivity contribution in [3.05, 3.63) is 23.8 Å². The van der Waals surface area contributed by atoms with Gasteiger partial charge in [-0.2, -0.15) is 0 Å². The van der Waals surface area contributed by atoms with Crippen molar-refractivity contribution >= 4 is 5.97 Å². The highest BCUT2D eigenvalue weighted by Gasteiger charge is 2.33. The Bertz CT molecular complexity index is 252. The van der Waals surface area contributed by atoms with Crippen LogP contribution in [0.3, 0.4) is 0 Å². The molecule has 1 heterocycles. The van der Waals surface area contributed by atoms with Crippen molar-refractivity contribution in [1.29, 1.82) is 0 Å². The molecule has 3 heteroatoms. The molecule has 1 aliphatic heterocycles. The van der Waals surface area contributed by atoms with Crippen molar-refractivity contribution in [3.8, 4) is 0 Å². The van der Waals surface area contributed by atoms with Crippen LogP contribution < -0.4 is 0 Å². The number of ether oxygens (including phenoxy) is 2. The quantitative estimate of drug-likeness (QED) is 0.392. The van der Waals surface area contributed by atoms with Gasteiger partial charge in [0.05, 0.1) is 19.1 Å². The number of rotatable bonds is 0. The molecular weight excluding hydrogens is 156 g/mol. The average Bonchev–Trinajstić information content (AvgIpc) is 2.82. The van der Waals surface area contributed by atoms with Crippen molar-refractivity contribution in [2.45, 2.75) is 0 Å². The number of carbonyl (C=O) groups is 1. The Balaban J connectivity index is 1.94. The summed E-state index contributed by atoms with van der Waals surface area (Å²) in [5.74, 6) is -0.239. The van der Waals surface area contributed by atoms with Crippen LogP contribution in [0.4, 0.5) is 0 Å². The minimum absolute atomic E-state index is 0.0866. The van der Waals surface area contributed by atoms with E-state index < -0.39 is 0 Å². The minimum Gasteiger partial charge on any atom is -0.461 e. The number of hydrogen-bond acceptors (Lipinski definition) is 3. The van der Waals surface area contributed by atoms with Gasteiger partial charge in [0.2, 0.25) is 0 Å². The number of hydrogen-bond donors (Lipinski definition) is 0. The van der Waals surface area contributed by atoms with Gasteiger partial charge in [0, 0.05) is 0 Å². The average molecular weight is 166 g/mol. The van der Waals surface area contributed by atoms with E-state index >= 15 is 0 Å². The molecule has 0 aromatic rings. The van der Waals surface area contributed by atoms with Gasteiger partial charge >= 0.3 is 5.97 Å². The molecule has 0 N–H and O–H groups in total. The van der Waals surface area contributed by atoms with Crippen LogP contribution in [0.5, 0.6) is 0 Å². The molecule has 1 atom stereocenters. The van der Waals surface area contributed by atoms with Gasteiger partial charge in [0.25, 0.3) is 0 Å². The van der Waals surface area contributed by atoms with E-state index in [4.69, 9.17) is 9.47 Å². The second kappa shape index (κ2) is 3.11. The Morgan fingerprint density at radius 1 is 1.33 bits per heavy atom. The van der Waals surface area contributed by atoms with Crippen molar-refractivity contribution < 1.29 is 14.3 Å². The first kappa shape index (κ1) is 7.55. The van der Waals surface area contributed by atoms with Crippen LogP contribution >= 0.6 is 0 Å². The van der Waals surface area contributed by atoms with Gasteiger partial charge < -0.3 is 9.47 Å². The number of fused-ring (bicyclic) bond motifs is 1. The van der Waals surface area contributed by atoms with Gasteiger partial charge in [-0.3, -0.25) is 4.79 Å². The van der Waals surface area contributed by atoms with E-state index in [9.17, 15) is 4.79 Å². The number of carbonyl (C=O) groups excluding carboxylic acids is 1. The molecule has 64 valence electrons. The van der Waals surface area contributed by atoms with Gasteiger partial charge in [-0.05, 0) is 11.6 Å². The molecule has 0 amide bonds. The summed E-state index contributed by atoms with van der Waals surface area (Å²) in [4.78, 5) is 11.1. The van der Waals surface area contributed by atoms with Crippen molar-refractivity contribution in [2.24, 2.45) is 5.92 Å². The summed E-state index contributed by atoms with van der Waals surface area (Å²) in [5.41, 5.74) is 1.05. The zero-order chi connectivity index (χ0) is 8.39. The minimum atomic E-state index is -0.153. The molecule has 1 aliphatic carbocycles. The predicted octanol–water partition coefficient (Wildman–Crippen LogP) is 0.672. The third-order valence-corrected chi connectivity index (χ3v) is 1.90. The first-order valence-corrected chi connectivity index (χ1v) is 3.98. The highest BCUT2D eigenvalue weighted by atomic mass is 16.5. The lowest BCUT2D eigenvalue weighted by atomic mass is 10.3. The molecule has 0 radical (unpaired) electrons. The van der Waals surface area contributed by atoms with E-state index in [1.54, 1.807) is 6.08 Å². The standard InChI is InChI=1S/C9H10O3/c10-9-8-5-7(8)6-11-3-1-2-4-12-9/h1-2,5,8H,3-4,6H2/b2-1-. The third kappa shape index (κ3) is 1.56. The largest absolute Gasteiger partial charge is 0.461 e. The Hall–Kier alpha value is -1.09. The van der Waals surface area contributed by atoms with Gasteiger partial charge in [-0.1, -0.05) is 12.2 Å². The smallest absolute Gasteiger partial charge is 0.317 e. The summed E-state index contributed by atoms with van der Waals surface area (Å²) >= 11 is 0. The SMILES string of the molecule is O=C1OC/C=C\COCC2=CC12. The maximum absolute atomic E-state index is 11.1. The summed E-state index contributed by atoms with van der Waals surface area (Å²) in [5, 5.41) is 0. The summed E-state index contributed by atoms with van der Waals surface area (Å²) in [6.07, 6.45) is 5.54. The molecule has 2 rings (SSSR count). The van der Waals surface area contributed by atoms with Crippen molar-refractivity contribution in [1.82, 2.24) is 0 Å². The normalized spacial score (nSPS) is 31.2. The van der Waals surface area contributed by atoms with E-state index in [0.29, 0.717) is 19.8 Å². The fourth-order valence-corrected chi connectivity index (χ4v) is 1.12. The Morgan fingerprint density at radius 2 is 2.17 bits per heavy atom. The molecule has 0 aromatic carbocycles. The topological polar surface area (TPSA) is 35.5 Å². The highest BCUT2D eigenvalue weighted by Crippen LogP contribution is 2.30. The monoisotopic (exact) mass is 166 g/mol. The fraction of sp³-hybridized carbons (Fsp3) is 0.444. The third-order valence-electron chi connectivity index (χ3n) is 1.90. The van der Waals surface area contributed by atoms with E-state index in [1.165, 1.54) is 0 Å². The Kier molecular flexibility index (Phi) is 1.96. The number of cyclic esters (lactones) is 1. The van der Waals surface area contributed by atoms with Crippen LogP contribution in [0.25, 0.3) is 0 Å². The fourth-order valence-electron chi connectivity index (χ4n) is 1.12. The highest BCUT2D eigenvalue weighted by molar-refractivity contribution is 5.83. The molecule has 12 heavy (non-hydrogen) atoms. The second-order valence-electron chi connectivity index (χ2n) is 2.84. The van der Waals surface area contributed by atoms with Gasteiger partial charge in [-0.15, -0.1) is 0 Å². The van der Waals surface area contributed by atoms with Crippen molar-refractivity contribution in [3.63, 3.8) is 0 Å². The zero-order valence-corrected chi connectivity index (χ0v) is 6.66. The van der Waals surface area contributed by atoms with Crippen LogP contribution in [0, 0.1) is 5.92 Å². The van der Waals surface area contributed by atoms with Crippen LogP contribution in [-0.2, 0) is 14.3 Å². The Morgan fingerprint density at radius 3 is 3.08 bits per heavy atom. The van der Waals surface area contributed by atoms with Crippen LogP contribution in [0.1, 0.15) is 0 Å². The van der Waals surface area contributed by atoms with Crippen molar-refractivity contribution in [2.75, 3.05) is 19.8 Å². The summed E-state index contributed by atoms with van der Waals surface area (Å²) in [7, 11) is 0. The van der Waals surface area contributed by atoms with Crippen LogP contribution in [-0.4, -0.2) is 25.8 Å². The second-order valence-corrected chi connectivity index (χ2v) is 2.84. The maximum atomic E-state index is 11.1. The van der Waals surface area contributed by atoms with E-state index in [1.807, 2.05) is 12.2 Å². The number of esters is 1.